The lowest BCUT2D eigenvalue weighted by molar-refractivity contribution is 0.364. The summed E-state index contributed by atoms with van der Waals surface area (Å²) in [6.07, 6.45) is 0. The molecule has 7 nitrogen and oxygen atoms in total. The van der Waals surface area contributed by atoms with E-state index in [-0.39, 0.29) is 10.7 Å². The van der Waals surface area contributed by atoms with E-state index in [1.807, 2.05) is 27.7 Å². The van der Waals surface area contributed by atoms with Crippen molar-refractivity contribution in [1.29, 1.82) is 0 Å². The van der Waals surface area contributed by atoms with E-state index in [9.17, 15) is 0 Å². The molecule has 3 rings (SSSR count). The van der Waals surface area contributed by atoms with Gasteiger partial charge in [-0.3, -0.25) is 0 Å². The van der Waals surface area contributed by atoms with Crippen LogP contribution < -0.4 is 5.84 Å². The van der Waals surface area contributed by atoms with Crippen molar-refractivity contribution in [3.05, 3.63) is 40.0 Å². The summed E-state index contributed by atoms with van der Waals surface area (Å²) in [6, 6.07) is 5.11. The van der Waals surface area contributed by atoms with Gasteiger partial charge >= 0.3 is 0 Å². The fourth-order valence-electron chi connectivity index (χ4n) is 2.13. The van der Waals surface area contributed by atoms with E-state index >= 15 is 0 Å². The van der Waals surface area contributed by atoms with Crippen LogP contribution in [-0.2, 0) is 5.41 Å². The Morgan fingerprint density at radius 2 is 1.96 bits per heavy atom. The monoisotopic (exact) mass is 412 g/mol. The maximum Gasteiger partial charge on any atom is 0.239 e. The SMILES string of the molecule is CC(Sc1nnc(-c2ccc(Cl)cc2Cl)n1N)c1nc(C(C)(C)C)no1. The molecule has 3 aromatic rings. The van der Waals surface area contributed by atoms with Crippen molar-refractivity contribution in [3.8, 4) is 11.4 Å². The Labute approximate surface area is 165 Å². The lowest BCUT2D eigenvalue weighted by atomic mass is 9.96. The minimum atomic E-state index is -0.182. The van der Waals surface area contributed by atoms with Gasteiger partial charge in [0.15, 0.2) is 11.6 Å². The molecule has 2 heterocycles. The Kier molecular flexibility index (Phi) is 5.18. The molecule has 138 valence electrons. The molecule has 0 spiro atoms. The van der Waals surface area contributed by atoms with Crippen molar-refractivity contribution < 1.29 is 4.52 Å². The third-order valence-electron chi connectivity index (χ3n) is 3.58. The Balaban J connectivity index is 1.83. The van der Waals surface area contributed by atoms with Crippen molar-refractivity contribution in [3.63, 3.8) is 0 Å². The Bertz CT molecular complexity index is 933. The molecule has 0 saturated heterocycles. The van der Waals surface area contributed by atoms with Gasteiger partial charge in [-0.25, -0.2) is 4.68 Å². The molecular weight excluding hydrogens is 395 g/mol. The average Bonchev–Trinajstić information content (AvgIpc) is 3.16. The van der Waals surface area contributed by atoms with Crippen LogP contribution in [-0.4, -0.2) is 25.0 Å². The largest absolute Gasteiger partial charge is 0.338 e. The summed E-state index contributed by atoms with van der Waals surface area (Å²) < 4.78 is 6.76. The van der Waals surface area contributed by atoms with Gasteiger partial charge in [-0.05, 0) is 25.1 Å². The first-order valence-corrected chi connectivity index (χ1v) is 9.47. The van der Waals surface area contributed by atoms with Crippen molar-refractivity contribution in [2.24, 2.45) is 0 Å². The number of nitrogen functional groups attached to an aromatic ring is 1. The maximum atomic E-state index is 6.23. The van der Waals surface area contributed by atoms with Crippen LogP contribution in [0.25, 0.3) is 11.4 Å². The van der Waals surface area contributed by atoms with Crippen LogP contribution in [0.4, 0.5) is 0 Å². The fraction of sp³-hybridized carbons (Fsp3) is 0.375. The Morgan fingerprint density at radius 3 is 2.58 bits per heavy atom. The van der Waals surface area contributed by atoms with Gasteiger partial charge in [-0.1, -0.05) is 60.9 Å². The third-order valence-corrected chi connectivity index (χ3v) is 5.17. The normalized spacial score (nSPS) is 13.2. The summed E-state index contributed by atoms with van der Waals surface area (Å²) in [6.45, 7) is 8.02. The lowest BCUT2D eigenvalue weighted by Gasteiger charge is -2.11. The molecule has 2 aromatic heterocycles. The number of benzene rings is 1. The minimum absolute atomic E-state index is 0.140. The van der Waals surface area contributed by atoms with E-state index < -0.39 is 0 Å². The van der Waals surface area contributed by atoms with Crippen molar-refractivity contribution in [2.75, 3.05) is 5.84 Å². The van der Waals surface area contributed by atoms with E-state index in [2.05, 4.69) is 20.3 Å². The first-order valence-electron chi connectivity index (χ1n) is 7.83. The van der Waals surface area contributed by atoms with Crippen LogP contribution >= 0.6 is 35.0 Å². The summed E-state index contributed by atoms with van der Waals surface area (Å²) in [5.74, 6) is 7.77. The predicted molar refractivity (Wildman–Crippen MR) is 103 cm³/mol. The second-order valence-electron chi connectivity index (χ2n) is 6.77. The summed E-state index contributed by atoms with van der Waals surface area (Å²) in [4.78, 5) is 4.46. The standard InChI is InChI=1S/C16H18Cl2N6OS/c1-8(13-20-14(23-25-13)16(2,3)4)26-15-22-21-12(24(15)19)10-6-5-9(17)7-11(10)18/h5-8H,19H2,1-4H3. The number of aromatic nitrogens is 5. The molecule has 0 fully saturated rings. The van der Waals surface area contributed by atoms with Gasteiger partial charge in [0.1, 0.15) is 0 Å². The molecule has 10 heteroatoms. The van der Waals surface area contributed by atoms with Crippen LogP contribution in [0.5, 0.6) is 0 Å². The topological polar surface area (TPSA) is 95.7 Å². The van der Waals surface area contributed by atoms with E-state index in [0.29, 0.717) is 38.3 Å². The fourth-order valence-corrected chi connectivity index (χ4v) is 3.42. The molecule has 0 bridgehead atoms. The highest BCUT2D eigenvalue weighted by Gasteiger charge is 2.25. The average molecular weight is 413 g/mol. The van der Waals surface area contributed by atoms with Crippen LogP contribution in [0.15, 0.2) is 27.9 Å². The smallest absolute Gasteiger partial charge is 0.239 e. The summed E-state index contributed by atoms with van der Waals surface area (Å²) in [5, 5.41) is 13.7. The zero-order valence-electron chi connectivity index (χ0n) is 14.7. The molecule has 1 unspecified atom stereocenters. The maximum absolute atomic E-state index is 6.23. The molecule has 0 saturated carbocycles. The van der Waals surface area contributed by atoms with Gasteiger partial charge in [0, 0.05) is 16.0 Å². The van der Waals surface area contributed by atoms with Crippen molar-refractivity contribution in [2.45, 2.75) is 43.5 Å². The summed E-state index contributed by atoms with van der Waals surface area (Å²) in [7, 11) is 0. The molecule has 1 aromatic carbocycles. The third kappa shape index (κ3) is 3.82. The van der Waals surface area contributed by atoms with Crippen LogP contribution in [0, 0.1) is 0 Å². The second kappa shape index (κ2) is 7.09. The number of halogens is 2. The van der Waals surface area contributed by atoms with Gasteiger partial charge in [0.05, 0.1) is 10.3 Å². The molecule has 0 radical (unpaired) electrons. The molecule has 2 N–H and O–H groups in total. The van der Waals surface area contributed by atoms with Gasteiger partial charge in [-0.2, -0.15) is 4.98 Å². The van der Waals surface area contributed by atoms with Gasteiger partial charge in [0.25, 0.3) is 0 Å². The Morgan fingerprint density at radius 1 is 1.23 bits per heavy atom. The highest BCUT2D eigenvalue weighted by molar-refractivity contribution is 7.99. The zero-order valence-corrected chi connectivity index (χ0v) is 17.0. The number of hydrogen-bond donors (Lipinski definition) is 1. The first kappa shape index (κ1) is 19.0. The number of thioether (sulfide) groups is 1. The molecule has 0 aliphatic heterocycles. The number of nitrogens with two attached hydrogens (primary N) is 1. The van der Waals surface area contributed by atoms with E-state index in [1.165, 1.54) is 16.4 Å². The molecular formula is C16H18Cl2N6OS. The number of nitrogens with zero attached hydrogens (tertiary/aromatic N) is 5. The number of hydrogen-bond acceptors (Lipinski definition) is 7. The molecule has 0 amide bonds. The van der Waals surface area contributed by atoms with Crippen LogP contribution in [0.2, 0.25) is 10.0 Å². The Hall–Kier alpha value is -1.77. The quantitative estimate of drug-likeness (QED) is 0.497. The van der Waals surface area contributed by atoms with Gasteiger partial charge < -0.3 is 10.4 Å². The van der Waals surface area contributed by atoms with E-state index in [4.69, 9.17) is 33.6 Å². The molecule has 0 aliphatic rings. The minimum Gasteiger partial charge on any atom is -0.338 e. The zero-order chi connectivity index (χ0) is 19.1. The van der Waals surface area contributed by atoms with E-state index in [0.717, 1.165) is 0 Å². The second-order valence-corrected chi connectivity index (χ2v) is 8.92. The highest BCUT2D eigenvalue weighted by atomic mass is 35.5. The van der Waals surface area contributed by atoms with E-state index in [1.54, 1.807) is 18.2 Å². The van der Waals surface area contributed by atoms with Gasteiger partial charge in [-0.15, -0.1) is 10.2 Å². The van der Waals surface area contributed by atoms with Crippen LogP contribution in [0.1, 0.15) is 44.7 Å². The van der Waals surface area contributed by atoms with Crippen LogP contribution in [0.3, 0.4) is 0 Å². The first-order chi connectivity index (χ1) is 12.2. The summed E-state index contributed by atoms with van der Waals surface area (Å²) >= 11 is 13.5. The highest BCUT2D eigenvalue weighted by Crippen LogP contribution is 2.36. The van der Waals surface area contributed by atoms with Crippen molar-refractivity contribution >= 4 is 35.0 Å². The molecule has 26 heavy (non-hydrogen) atoms. The summed E-state index contributed by atoms with van der Waals surface area (Å²) in [5.41, 5.74) is 0.469. The number of rotatable bonds is 4. The molecule has 0 aliphatic carbocycles. The van der Waals surface area contributed by atoms with Gasteiger partial charge in [0.2, 0.25) is 11.0 Å². The van der Waals surface area contributed by atoms with Crippen molar-refractivity contribution in [1.82, 2.24) is 25.0 Å². The predicted octanol–water partition coefficient (Wildman–Crippen LogP) is 4.50. The molecule has 1 atom stereocenters. The lowest BCUT2D eigenvalue weighted by Crippen LogP contribution is -2.13.